The van der Waals surface area contributed by atoms with Gasteiger partial charge in [0, 0.05) is 51.1 Å². The maximum absolute atomic E-state index is 13.3. The third kappa shape index (κ3) is 6.50. The summed E-state index contributed by atoms with van der Waals surface area (Å²) in [4.78, 5) is 28.3. The normalized spacial score (nSPS) is 19.4. The number of hydrogen-bond acceptors (Lipinski definition) is 3. The summed E-state index contributed by atoms with van der Waals surface area (Å²) < 4.78 is 0. The van der Waals surface area contributed by atoms with Gasteiger partial charge >= 0.3 is 0 Å². The summed E-state index contributed by atoms with van der Waals surface area (Å²) in [6, 6.07) is 41.3. The van der Waals surface area contributed by atoms with Crippen molar-refractivity contribution < 1.29 is 9.59 Å². The zero-order valence-electron chi connectivity index (χ0n) is 27.4. The number of carbonyl (C=O) groups excluding carboxylic acids is 2. The third-order valence-corrected chi connectivity index (χ3v) is 11.6. The van der Waals surface area contributed by atoms with Crippen LogP contribution in [0.4, 0.5) is 0 Å². The second-order valence-electron chi connectivity index (χ2n) is 12.1. The highest BCUT2D eigenvalue weighted by Gasteiger charge is 2.51. The molecule has 7 rings (SSSR count). The van der Waals surface area contributed by atoms with E-state index >= 15 is 0 Å². The van der Waals surface area contributed by atoms with Gasteiger partial charge in [-0.3, -0.25) is 9.59 Å². The summed E-state index contributed by atoms with van der Waals surface area (Å²) in [5.74, 6) is 0.899. The Morgan fingerprint density at radius 1 is 0.571 bits per heavy atom. The second-order valence-corrected chi connectivity index (χ2v) is 14.6. The van der Waals surface area contributed by atoms with Gasteiger partial charge in [-0.15, -0.1) is 11.8 Å². The molecule has 49 heavy (non-hydrogen) atoms. The van der Waals surface area contributed by atoms with Crippen LogP contribution in [0.15, 0.2) is 127 Å². The van der Waals surface area contributed by atoms with E-state index in [2.05, 4.69) is 49.4 Å². The van der Waals surface area contributed by atoms with Crippen LogP contribution >= 0.6 is 46.6 Å². The van der Waals surface area contributed by atoms with Crippen LogP contribution in [-0.2, 0) is 15.6 Å². The van der Waals surface area contributed by atoms with E-state index in [1.807, 2.05) is 84.6 Å². The predicted molar refractivity (Wildman–Crippen MR) is 204 cm³/mol. The Labute approximate surface area is 308 Å². The SMILES string of the molecule is CCCN1C(=O)c2ccccc2C1(Cl)c1ccc(Cl)cc1.CCCN1C(=O)c2ccccc2C1(SCc1ccccc1)c1ccc(Cl)cc1. The largest absolute Gasteiger partial charge is 0.316 e. The molecule has 250 valence electrons. The molecule has 2 amide bonds. The summed E-state index contributed by atoms with van der Waals surface area (Å²) in [5, 5.41) is 1.35. The number of amides is 2. The Kier molecular flexibility index (Phi) is 10.8. The molecular weight excluding hydrogens is 691 g/mol. The zero-order valence-corrected chi connectivity index (χ0v) is 30.5. The molecule has 0 aromatic heterocycles. The summed E-state index contributed by atoms with van der Waals surface area (Å²) in [5.41, 5.74) is 6.57. The molecule has 2 aliphatic rings. The van der Waals surface area contributed by atoms with Gasteiger partial charge in [0.2, 0.25) is 0 Å². The fraction of sp³-hybridized carbons (Fsp3) is 0.220. The number of carbonyl (C=O) groups is 2. The van der Waals surface area contributed by atoms with Crippen molar-refractivity contribution in [1.29, 1.82) is 0 Å². The van der Waals surface area contributed by atoms with Crippen molar-refractivity contribution in [2.45, 2.75) is 42.3 Å². The molecule has 2 atom stereocenters. The number of nitrogens with zero attached hydrogens (tertiary/aromatic N) is 2. The van der Waals surface area contributed by atoms with Crippen molar-refractivity contribution >= 4 is 58.4 Å². The molecule has 0 spiro atoms. The van der Waals surface area contributed by atoms with Gasteiger partial charge in [-0.2, -0.15) is 0 Å². The minimum absolute atomic E-state index is 0.0163. The molecule has 0 fully saturated rings. The molecule has 0 aliphatic carbocycles. The number of hydrogen-bond donors (Lipinski definition) is 0. The molecule has 2 unspecified atom stereocenters. The molecule has 8 heteroatoms. The van der Waals surface area contributed by atoms with Crippen LogP contribution in [0.1, 0.15) is 75.2 Å². The Morgan fingerprint density at radius 2 is 1.04 bits per heavy atom. The molecule has 0 saturated heterocycles. The lowest BCUT2D eigenvalue weighted by molar-refractivity contribution is 0.0713. The van der Waals surface area contributed by atoms with Gasteiger partial charge in [-0.1, -0.05) is 140 Å². The zero-order chi connectivity index (χ0) is 34.6. The van der Waals surface area contributed by atoms with Crippen molar-refractivity contribution in [3.8, 4) is 0 Å². The van der Waals surface area contributed by atoms with E-state index in [-0.39, 0.29) is 11.8 Å². The van der Waals surface area contributed by atoms with Crippen LogP contribution < -0.4 is 0 Å². The Bertz CT molecular complexity index is 1940. The topological polar surface area (TPSA) is 40.6 Å². The molecule has 0 radical (unpaired) electrons. The predicted octanol–water partition coefficient (Wildman–Crippen LogP) is 11.0. The highest BCUT2D eigenvalue weighted by Crippen LogP contribution is 2.53. The molecular formula is C41H37Cl3N2O2S. The fourth-order valence-corrected chi connectivity index (χ4v) is 8.96. The average molecular weight is 728 g/mol. The van der Waals surface area contributed by atoms with Gasteiger partial charge in [-0.05, 0) is 65.9 Å². The monoisotopic (exact) mass is 726 g/mol. The standard InChI is InChI=1S/C24H22ClNOS.C17H15Cl2NO/c1-2-16-26-23(27)21-10-6-7-11-22(21)24(26,19-12-14-20(25)15-13-19)28-17-18-8-4-3-5-9-18;1-2-11-20-16(21)14-5-3-4-6-15(14)17(20,19)12-7-9-13(18)10-8-12/h3-15H,2,16-17H2,1H3;3-10H,2,11H2,1H3. The van der Waals surface area contributed by atoms with Crippen LogP contribution in [0.5, 0.6) is 0 Å². The third-order valence-electron chi connectivity index (χ3n) is 8.93. The molecule has 5 aromatic rings. The van der Waals surface area contributed by atoms with Crippen LogP contribution in [0, 0.1) is 0 Å². The number of fused-ring (bicyclic) bond motifs is 2. The first-order chi connectivity index (χ1) is 23.7. The smallest absolute Gasteiger partial charge is 0.256 e. The van der Waals surface area contributed by atoms with E-state index in [0.717, 1.165) is 46.4 Å². The molecule has 0 bridgehead atoms. The van der Waals surface area contributed by atoms with Crippen molar-refractivity contribution in [1.82, 2.24) is 9.80 Å². The molecule has 4 nitrogen and oxygen atoms in total. The van der Waals surface area contributed by atoms with E-state index in [4.69, 9.17) is 34.8 Å². The lowest BCUT2D eigenvalue weighted by atomic mass is 9.97. The van der Waals surface area contributed by atoms with Crippen molar-refractivity contribution in [3.05, 3.63) is 176 Å². The first-order valence-corrected chi connectivity index (χ1v) is 18.6. The van der Waals surface area contributed by atoms with Crippen molar-refractivity contribution in [3.63, 3.8) is 0 Å². The number of benzene rings is 5. The summed E-state index contributed by atoms with van der Waals surface area (Å²) in [7, 11) is 0. The van der Waals surface area contributed by atoms with Crippen LogP contribution in [0.2, 0.25) is 10.0 Å². The molecule has 2 aliphatic heterocycles. The van der Waals surface area contributed by atoms with E-state index in [9.17, 15) is 9.59 Å². The van der Waals surface area contributed by atoms with Crippen LogP contribution in [0.3, 0.4) is 0 Å². The van der Waals surface area contributed by atoms with Gasteiger partial charge in [0.05, 0.1) is 0 Å². The van der Waals surface area contributed by atoms with E-state index in [0.29, 0.717) is 28.7 Å². The maximum Gasteiger partial charge on any atom is 0.256 e. The summed E-state index contributed by atoms with van der Waals surface area (Å²) in [6.07, 6.45) is 1.75. The number of halogens is 3. The lowest BCUT2D eigenvalue weighted by Crippen LogP contribution is -2.42. The first-order valence-electron chi connectivity index (χ1n) is 16.5. The van der Waals surface area contributed by atoms with E-state index in [1.54, 1.807) is 28.8 Å². The number of thioether (sulfide) groups is 1. The van der Waals surface area contributed by atoms with E-state index < -0.39 is 9.87 Å². The summed E-state index contributed by atoms with van der Waals surface area (Å²) >= 11 is 20.9. The molecule has 2 heterocycles. The van der Waals surface area contributed by atoms with Gasteiger partial charge in [0.1, 0.15) is 4.87 Å². The highest BCUT2D eigenvalue weighted by molar-refractivity contribution is 7.99. The van der Waals surface area contributed by atoms with Crippen molar-refractivity contribution in [2.75, 3.05) is 13.1 Å². The minimum Gasteiger partial charge on any atom is -0.316 e. The molecule has 0 N–H and O–H groups in total. The highest BCUT2D eigenvalue weighted by atomic mass is 35.5. The Balaban J connectivity index is 0.000000177. The first kappa shape index (κ1) is 35.1. The van der Waals surface area contributed by atoms with Crippen molar-refractivity contribution in [2.24, 2.45) is 0 Å². The Morgan fingerprint density at radius 3 is 1.63 bits per heavy atom. The van der Waals surface area contributed by atoms with Gasteiger partial charge in [0.25, 0.3) is 11.8 Å². The molecule has 0 saturated carbocycles. The number of rotatable bonds is 9. The quantitative estimate of drug-likeness (QED) is 0.112. The fourth-order valence-electron chi connectivity index (χ4n) is 6.72. The Hall–Kier alpha value is -3.74. The van der Waals surface area contributed by atoms with Crippen LogP contribution in [-0.4, -0.2) is 34.7 Å². The summed E-state index contributed by atoms with van der Waals surface area (Å²) in [6.45, 7) is 5.47. The average Bonchev–Trinajstić information content (AvgIpc) is 3.50. The van der Waals surface area contributed by atoms with Gasteiger partial charge in [-0.25, -0.2) is 0 Å². The number of alkyl halides is 1. The molecule has 5 aromatic carbocycles. The van der Waals surface area contributed by atoms with Gasteiger partial charge < -0.3 is 9.80 Å². The minimum atomic E-state index is -0.950. The second kappa shape index (κ2) is 15.0. The maximum atomic E-state index is 13.3. The van der Waals surface area contributed by atoms with E-state index in [1.165, 1.54) is 5.56 Å². The van der Waals surface area contributed by atoms with Gasteiger partial charge in [0.15, 0.2) is 5.00 Å². The van der Waals surface area contributed by atoms with Crippen LogP contribution in [0.25, 0.3) is 0 Å². The lowest BCUT2D eigenvalue weighted by Gasteiger charge is -2.39.